The molecule has 1 amide bonds. The lowest BCUT2D eigenvalue weighted by Gasteiger charge is -2.24. The number of nitrogens with zero attached hydrogens (tertiary/aromatic N) is 2. The number of carbonyl (C=O) groups is 1. The highest BCUT2D eigenvalue weighted by molar-refractivity contribution is 5.94. The van der Waals surface area contributed by atoms with Gasteiger partial charge in [0.1, 0.15) is 11.6 Å². The third kappa shape index (κ3) is 2.56. The number of pyridine rings is 1. The molecule has 3 aromatic rings. The number of aromatic amines is 1. The average Bonchev–Trinajstić information content (AvgIpc) is 3.04. The van der Waals surface area contributed by atoms with Gasteiger partial charge in [-0.15, -0.1) is 0 Å². The highest BCUT2D eigenvalue weighted by Gasteiger charge is 2.32. The highest BCUT2D eigenvalue weighted by atomic mass is 16.5. The van der Waals surface area contributed by atoms with Crippen LogP contribution in [0.15, 0.2) is 35.3 Å². The summed E-state index contributed by atoms with van der Waals surface area (Å²) < 4.78 is 7.05. The minimum atomic E-state index is -0.328. The Bertz CT molecular complexity index is 1060. The van der Waals surface area contributed by atoms with E-state index in [9.17, 15) is 9.59 Å². The Morgan fingerprint density at radius 2 is 2.04 bits per heavy atom. The van der Waals surface area contributed by atoms with Crippen molar-refractivity contribution in [2.45, 2.75) is 32.2 Å². The minimum Gasteiger partial charge on any atom is -0.497 e. The van der Waals surface area contributed by atoms with Crippen molar-refractivity contribution in [1.82, 2.24) is 14.8 Å². The van der Waals surface area contributed by atoms with Crippen LogP contribution in [0, 0.1) is 0 Å². The van der Waals surface area contributed by atoms with Crippen molar-refractivity contribution < 1.29 is 9.53 Å². The van der Waals surface area contributed by atoms with Crippen LogP contribution in [0.25, 0.3) is 10.9 Å². The molecule has 2 N–H and O–H groups in total. The number of ether oxygens (including phenoxy) is 1. The molecule has 0 spiro atoms. The number of methoxy groups -OCH3 is 1. The first-order chi connectivity index (χ1) is 12.5. The molecule has 134 valence electrons. The van der Waals surface area contributed by atoms with Crippen LogP contribution in [0.4, 0.5) is 5.82 Å². The number of rotatable bonds is 3. The maximum atomic E-state index is 12.7. The summed E-state index contributed by atoms with van der Waals surface area (Å²) >= 11 is 0. The van der Waals surface area contributed by atoms with E-state index in [1.807, 2.05) is 32.0 Å². The monoisotopic (exact) mass is 352 g/mol. The van der Waals surface area contributed by atoms with Gasteiger partial charge in [-0.3, -0.25) is 9.59 Å². The van der Waals surface area contributed by atoms with Crippen molar-refractivity contribution in [3.63, 3.8) is 0 Å². The van der Waals surface area contributed by atoms with Crippen molar-refractivity contribution in [2.75, 3.05) is 12.4 Å². The third-order valence-corrected chi connectivity index (χ3v) is 4.79. The maximum Gasteiger partial charge on any atom is 0.252 e. The fraction of sp³-hybridized carbons (Fsp3) is 0.316. The van der Waals surface area contributed by atoms with Gasteiger partial charge in [0.2, 0.25) is 5.91 Å². The van der Waals surface area contributed by atoms with E-state index in [1.165, 1.54) is 0 Å². The molecule has 26 heavy (non-hydrogen) atoms. The zero-order valence-electron chi connectivity index (χ0n) is 14.9. The first-order valence-corrected chi connectivity index (χ1v) is 8.56. The van der Waals surface area contributed by atoms with E-state index in [4.69, 9.17) is 4.74 Å². The topological polar surface area (TPSA) is 89.0 Å². The first-order valence-electron chi connectivity index (χ1n) is 8.56. The number of hydrogen-bond acceptors (Lipinski definition) is 4. The van der Waals surface area contributed by atoms with Gasteiger partial charge >= 0.3 is 0 Å². The van der Waals surface area contributed by atoms with Crippen LogP contribution in [0.2, 0.25) is 0 Å². The number of anilines is 1. The second-order valence-electron chi connectivity index (χ2n) is 6.80. The molecule has 1 aromatic carbocycles. The normalized spacial score (nSPS) is 16.6. The number of fused-ring (bicyclic) bond motifs is 2. The molecular weight excluding hydrogens is 332 g/mol. The largest absolute Gasteiger partial charge is 0.497 e. The number of nitrogens with one attached hydrogen (secondary N) is 2. The Morgan fingerprint density at radius 3 is 2.77 bits per heavy atom. The molecule has 0 radical (unpaired) electrons. The molecule has 0 bridgehead atoms. The van der Waals surface area contributed by atoms with Gasteiger partial charge in [-0.2, -0.15) is 5.10 Å². The molecule has 0 unspecified atom stereocenters. The van der Waals surface area contributed by atoms with Gasteiger partial charge < -0.3 is 15.0 Å². The van der Waals surface area contributed by atoms with Gasteiger partial charge in [-0.05, 0) is 38.1 Å². The third-order valence-electron chi connectivity index (χ3n) is 4.79. The molecule has 1 aliphatic rings. The van der Waals surface area contributed by atoms with Crippen LogP contribution in [0.1, 0.15) is 43.4 Å². The van der Waals surface area contributed by atoms with Crippen molar-refractivity contribution in [3.8, 4) is 5.75 Å². The second-order valence-corrected chi connectivity index (χ2v) is 6.80. The fourth-order valence-electron chi connectivity index (χ4n) is 3.49. The highest BCUT2D eigenvalue weighted by Crippen LogP contribution is 2.37. The molecular formula is C19H20N4O3. The number of benzene rings is 1. The lowest BCUT2D eigenvalue weighted by Crippen LogP contribution is -2.28. The Morgan fingerprint density at radius 1 is 1.23 bits per heavy atom. The summed E-state index contributed by atoms with van der Waals surface area (Å²) in [7, 11) is 1.60. The van der Waals surface area contributed by atoms with Gasteiger partial charge in [0.05, 0.1) is 13.3 Å². The van der Waals surface area contributed by atoms with Crippen LogP contribution in [0.5, 0.6) is 5.75 Å². The van der Waals surface area contributed by atoms with Crippen molar-refractivity contribution in [3.05, 3.63) is 51.9 Å². The van der Waals surface area contributed by atoms with Gasteiger partial charge in [0.15, 0.2) is 0 Å². The van der Waals surface area contributed by atoms with E-state index in [0.29, 0.717) is 17.1 Å². The summed E-state index contributed by atoms with van der Waals surface area (Å²) in [4.78, 5) is 27.9. The minimum absolute atomic E-state index is 0.108. The molecule has 1 atom stereocenters. The van der Waals surface area contributed by atoms with E-state index in [0.717, 1.165) is 16.5 Å². The number of H-pyrrole nitrogens is 1. The smallest absolute Gasteiger partial charge is 0.252 e. The van der Waals surface area contributed by atoms with Crippen molar-refractivity contribution in [2.24, 2.45) is 0 Å². The summed E-state index contributed by atoms with van der Waals surface area (Å²) in [5, 5.41) is 8.15. The Kier molecular flexibility index (Phi) is 3.79. The van der Waals surface area contributed by atoms with Crippen LogP contribution in [-0.2, 0) is 4.79 Å². The quantitative estimate of drug-likeness (QED) is 0.758. The van der Waals surface area contributed by atoms with E-state index < -0.39 is 0 Å². The van der Waals surface area contributed by atoms with Crippen LogP contribution in [-0.4, -0.2) is 27.8 Å². The summed E-state index contributed by atoms with van der Waals surface area (Å²) in [6, 6.07) is 7.44. The van der Waals surface area contributed by atoms with Crippen molar-refractivity contribution in [1.29, 1.82) is 0 Å². The second kappa shape index (κ2) is 6.01. The molecule has 0 saturated carbocycles. The molecule has 7 heteroatoms. The van der Waals surface area contributed by atoms with E-state index in [2.05, 4.69) is 15.4 Å². The number of aromatic nitrogens is 3. The molecule has 0 fully saturated rings. The lowest BCUT2D eigenvalue weighted by atomic mass is 9.87. The SMILES string of the molecule is COc1ccc2[nH]c(=O)c([C@@H]3CC(=O)Nc4c3cnn4C(C)C)cc2c1. The van der Waals surface area contributed by atoms with Gasteiger partial charge in [0.25, 0.3) is 5.56 Å². The summed E-state index contributed by atoms with van der Waals surface area (Å²) in [6.45, 7) is 4.00. The van der Waals surface area contributed by atoms with Gasteiger partial charge in [-0.1, -0.05) is 0 Å². The van der Waals surface area contributed by atoms with E-state index in [1.54, 1.807) is 24.1 Å². The molecule has 3 heterocycles. The van der Waals surface area contributed by atoms with E-state index >= 15 is 0 Å². The van der Waals surface area contributed by atoms with E-state index in [-0.39, 0.29) is 29.8 Å². The molecule has 0 aliphatic carbocycles. The number of carbonyl (C=O) groups excluding carboxylic acids is 1. The summed E-state index contributed by atoms with van der Waals surface area (Å²) in [6.07, 6.45) is 1.96. The maximum absolute atomic E-state index is 12.7. The first kappa shape index (κ1) is 16.4. The average molecular weight is 352 g/mol. The fourth-order valence-corrected chi connectivity index (χ4v) is 3.49. The predicted octanol–water partition coefficient (Wildman–Crippen LogP) is 2.79. The summed E-state index contributed by atoms with van der Waals surface area (Å²) in [5.41, 5.74) is 1.97. The van der Waals surface area contributed by atoms with Gasteiger partial charge in [-0.25, -0.2) is 4.68 Å². The molecule has 2 aromatic heterocycles. The zero-order chi connectivity index (χ0) is 18.4. The Labute approximate surface area is 150 Å². The lowest BCUT2D eigenvalue weighted by molar-refractivity contribution is -0.116. The van der Waals surface area contributed by atoms with Gasteiger partial charge in [0, 0.05) is 40.4 Å². The molecule has 1 aliphatic heterocycles. The van der Waals surface area contributed by atoms with Crippen LogP contribution < -0.4 is 15.6 Å². The zero-order valence-corrected chi connectivity index (χ0v) is 14.9. The summed E-state index contributed by atoms with van der Waals surface area (Å²) in [5.74, 6) is 0.942. The standard InChI is InChI=1S/C19H20N4O3/c1-10(2)23-18-15(9-20-23)13(8-17(24)22-18)14-7-11-6-12(26-3)4-5-16(11)21-19(14)25/h4-7,9-10,13H,8H2,1-3H3,(H,21,25)(H,22,24)/t13-/m0/s1. The molecule has 7 nitrogen and oxygen atoms in total. The Hall–Kier alpha value is -3.09. The van der Waals surface area contributed by atoms with Crippen LogP contribution in [0.3, 0.4) is 0 Å². The van der Waals surface area contributed by atoms with Crippen molar-refractivity contribution >= 4 is 22.6 Å². The number of amides is 1. The molecule has 0 saturated heterocycles. The van der Waals surface area contributed by atoms with Crippen LogP contribution >= 0.6 is 0 Å². The molecule has 4 rings (SSSR count). The number of hydrogen-bond donors (Lipinski definition) is 2. The predicted molar refractivity (Wildman–Crippen MR) is 98.8 cm³/mol. The Balaban J connectivity index is 1.89.